The predicted octanol–water partition coefficient (Wildman–Crippen LogP) is 2.13. The second-order valence-electron chi connectivity index (χ2n) is 4.88. The van der Waals surface area contributed by atoms with Crippen LogP contribution in [0.15, 0.2) is 27.6 Å². The largest absolute Gasteiger partial charge is 0.318 e. The van der Waals surface area contributed by atoms with Gasteiger partial charge in [-0.3, -0.25) is 0 Å². The lowest BCUT2D eigenvalue weighted by molar-refractivity contribution is 0.379. The molecule has 1 N–H and O–H groups in total. The number of aryl methyl sites for hydroxylation is 1. The highest BCUT2D eigenvalue weighted by molar-refractivity contribution is 9.10. The average Bonchev–Trinajstić information content (AvgIpc) is 2.82. The first kappa shape index (κ1) is 15.0. The van der Waals surface area contributed by atoms with Gasteiger partial charge in [-0.05, 0) is 50.6 Å². The summed E-state index contributed by atoms with van der Waals surface area (Å²) >= 11 is 3.40. The monoisotopic (exact) mass is 346 g/mol. The van der Waals surface area contributed by atoms with Gasteiger partial charge in [0.05, 0.1) is 4.90 Å². The van der Waals surface area contributed by atoms with Crippen molar-refractivity contribution in [3.8, 4) is 0 Å². The van der Waals surface area contributed by atoms with Crippen LogP contribution in [0.4, 0.5) is 0 Å². The second kappa shape index (κ2) is 5.91. The summed E-state index contributed by atoms with van der Waals surface area (Å²) in [7, 11) is -1.52. The number of halogens is 1. The molecule has 6 heteroatoms. The van der Waals surface area contributed by atoms with Crippen LogP contribution in [0.3, 0.4) is 0 Å². The summed E-state index contributed by atoms with van der Waals surface area (Å²) in [5.41, 5.74) is 0.936. The Morgan fingerprint density at radius 3 is 2.84 bits per heavy atom. The van der Waals surface area contributed by atoms with E-state index < -0.39 is 10.0 Å². The lowest BCUT2D eigenvalue weighted by atomic mass is 10.2. The molecule has 0 saturated carbocycles. The third-order valence-corrected chi connectivity index (χ3v) is 6.34. The maximum Gasteiger partial charge on any atom is 0.243 e. The quantitative estimate of drug-likeness (QED) is 0.908. The van der Waals surface area contributed by atoms with Gasteiger partial charge in [-0.25, -0.2) is 8.42 Å². The molecule has 1 aliphatic rings. The minimum Gasteiger partial charge on any atom is -0.318 e. The highest BCUT2D eigenvalue weighted by Gasteiger charge is 2.34. The molecule has 0 aliphatic carbocycles. The Kier molecular flexibility index (Phi) is 4.66. The van der Waals surface area contributed by atoms with E-state index in [-0.39, 0.29) is 6.04 Å². The second-order valence-corrected chi connectivity index (χ2v) is 7.63. The number of nitrogens with zero attached hydrogens (tertiary/aromatic N) is 1. The summed E-state index contributed by atoms with van der Waals surface area (Å²) in [5.74, 6) is 0. The number of benzene rings is 1. The number of likely N-dealkylation sites (N-methyl/N-ethyl adjacent to an activating group) is 1. The molecule has 1 aromatic carbocycles. The molecular weight excluding hydrogens is 328 g/mol. The van der Waals surface area contributed by atoms with Crippen molar-refractivity contribution in [2.24, 2.45) is 0 Å². The van der Waals surface area contributed by atoms with Gasteiger partial charge in [0.1, 0.15) is 0 Å². The zero-order valence-electron chi connectivity index (χ0n) is 11.2. The Bertz CT molecular complexity index is 560. The van der Waals surface area contributed by atoms with E-state index in [9.17, 15) is 8.42 Å². The highest BCUT2D eigenvalue weighted by atomic mass is 79.9. The fourth-order valence-corrected chi connectivity index (χ4v) is 4.50. The molecule has 0 radical (unpaired) electrons. The maximum absolute atomic E-state index is 12.7. The fourth-order valence-electron chi connectivity index (χ4n) is 2.48. The summed E-state index contributed by atoms with van der Waals surface area (Å²) in [6.45, 7) is 3.22. The maximum atomic E-state index is 12.7. The Hall–Kier alpha value is -0.430. The summed E-state index contributed by atoms with van der Waals surface area (Å²) in [6.07, 6.45) is 1.86. The van der Waals surface area contributed by atoms with Crippen LogP contribution in [0.2, 0.25) is 0 Å². The van der Waals surface area contributed by atoms with Gasteiger partial charge in [0.2, 0.25) is 10.0 Å². The third kappa shape index (κ3) is 3.02. The van der Waals surface area contributed by atoms with Gasteiger partial charge >= 0.3 is 0 Å². The van der Waals surface area contributed by atoms with Gasteiger partial charge in [-0.1, -0.05) is 15.9 Å². The molecule has 2 rings (SSSR count). The predicted molar refractivity (Wildman–Crippen MR) is 79.7 cm³/mol. The number of rotatable bonds is 4. The van der Waals surface area contributed by atoms with E-state index in [4.69, 9.17) is 0 Å². The number of nitrogens with one attached hydrogen (secondary N) is 1. The van der Waals surface area contributed by atoms with Crippen molar-refractivity contribution in [3.05, 3.63) is 28.2 Å². The standard InChI is InChI=1S/C13H19BrN2O2S/c1-10-8-12(5-6-13(10)14)19(17,18)16-7-3-4-11(16)9-15-2/h5-6,8,11,15H,3-4,7,9H2,1-2H3. The van der Waals surface area contributed by atoms with Crippen molar-refractivity contribution in [1.82, 2.24) is 9.62 Å². The SMILES string of the molecule is CNCC1CCCN1S(=O)(=O)c1ccc(Br)c(C)c1. The zero-order valence-corrected chi connectivity index (χ0v) is 13.6. The smallest absolute Gasteiger partial charge is 0.243 e. The molecule has 106 valence electrons. The Morgan fingerprint density at radius 2 is 2.21 bits per heavy atom. The van der Waals surface area contributed by atoms with Crippen LogP contribution in [0.5, 0.6) is 0 Å². The summed E-state index contributed by atoms with van der Waals surface area (Å²) in [4.78, 5) is 0.385. The molecule has 1 unspecified atom stereocenters. The summed E-state index contributed by atoms with van der Waals surface area (Å²) in [5, 5.41) is 3.07. The molecule has 19 heavy (non-hydrogen) atoms. The molecule has 0 amide bonds. The van der Waals surface area contributed by atoms with E-state index >= 15 is 0 Å². The molecule has 4 nitrogen and oxygen atoms in total. The van der Waals surface area contributed by atoms with Crippen LogP contribution in [-0.4, -0.2) is 38.9 Å². The van der Waals surface area contributed by atoms with E-state index in [1.807, 2.05) is 14.0 Å². The van der Waals surface area contributed by atoms with Crippen LogP contribution >= 0.6 is 15.9 Å². The molecule has 0 bridgehead atoms. The summed E-state index contributed by atoms with van der Waals surface area (Å²) < 4.78 is 27.9. The highest BCUT2D eigenvalue weighted by Crippen LogP contribution is 2.28. The normalized spacial score (nSPS) is 20.9. The molecular formula is C13H19BrN2O2S. The summed E-state index contributed by atoms with van der Waals surface area (Å²) in [6, 6.07) is 5.26. The molecule has 0 aromatic heterocycles. The molecule has 1 saturated heterocycles. The van der Waals surface area contributed by atoms with Crippen molar-refractivity contribution in [2.75, 3.05) is 20.1 Å². The third-order valence-electron chi connectivity index (χ3n) is 3.50. The molecule has 1 aliphatic heterocycles. The van der Waals surface area contributed by atoms with Gasteiger partial charge in [-0.2, -0.15) is 4.31 Å². The van der Waals surface area contributed by atoms with E-state index in [2.05, 4.69) is 21.2 Å². The van der Waals surface area contributed by atoms with E-state index in [0.29, 0.717) is 18.0 Å². The Morgan fingerprint density at radius 1 is 1.47 bits per heavy atom. The zero-order chi connectivity index (χ0) is 14.0. The molecule has 1 heterocycles. The van der Waals surface area contributed by atoms with Crippen molar-refractivity contribution in [1.29, 1.82) is 0 Å². The number of hydrogen-bond acceptors (Lipinski definition) is 3. The van der Waals surface area contributed by atoms with Crippen LogP contribution in [-0.2, 0) is 10.0 Å². The van der Waals surface area contributed by atoms with Gasteiger partial charge in [0.25, 0.3) is 0 Å². The lowest BCUT2D eigenvalue weighted by Crippen LogP contribution is -2.40. The van der Waals surface area contributed by atoms with Crippen molar-refractivity contribution < 1.29 is 8.42 Å². The molecule has 1 aromatic rings. The minimum atomic E-state index is -3.38. The van der Waals surface area contributed by atoms with Gasteiger partial charge in [0, 0.05) is 23.6 Å². The van der Waals surface area contributed by atoms with E-state index in [0.717, 1.165) is 22.9 Å². The first-order valence-electron chi connectivity index (χ1n) is 6.39. The molecule has 0 spiro atoms. The van der Waals surface area contributed by atoms with Crippen LogP contribution in [0, 0.1) is 6.92 Å². The first-order chi connectivity index (χ1) is 8.96. The van der Waals surface area contributed by atoms with Crippen LogP contribution in [0.1, 0.15) is 18.4 Å². The van der Waals surface area contributed by atoms with Crippen LogP contribution < -0.4 is 5.32 Å². The Labute approximate surface area is 123 Å². The van der Waals surface area contributed by atoms with Gasteiger partial charge in [0.15, 0.2) is 0 Å². The number of sulfonamides is 1. The molecule has 1 atom stereocenters. The van der Waals surface area contributed by atoms with Crippen LogP contribution in [0.25, 0.3) is 0 Å². The molecule has 1 fully saturated rings. The van der Waals surface area contributed by atoms with Crippen molar-refractivity contribution in [2.45, 2.75) is 30.7 Å². The van der Waals surface area contributed by atoms with Crippen molar-refractivity contribution >= 4 is 26.0 Å². The van der Waals surface area contributed by atoms with E-state index in [1.165, 1.54) is 0 Å². The van der Waals surface area contributed by atoms with Crippen molar-refractivity contribution in [3.63, 3.8) is 0 Å². The minimum absolute atomic E-state index is 0.0685. The Balaban J connectivity index is 2.33. The van der Waals surface area contributed by atoms with Gasteiger partial charge in [-0.15, -0.1) is 0 Å². The van der Waals surface area contributed by atoms with Gasteiger partial charge < -0.3 is 5.32 Å². The fraction of sp³-hybridized carbons (Fsp3) is 0.538. The van der Waals surface area contributed by atoms with E-state index in [1.54, 1.807) is 22.5 Å². The topological polar surface area (TPSA) is 49.4 Å². The first-order valence-corrected chi connectivity index (χ1v) is 8.62. The lowest BCUT2D eigenvalue weighted by Gasteiger charge is -2.24. The number of hydrogen-bond donors (Lipinski definition) is 1. The average molecular weight is 347 g/mol.